The van der Waals surface area contributed by atoms with Crippen LogP contribution in [-0.2, 0) is 26.0 Å². The number of amides is 2. The number of anilines is 2. The van der Waals surface area contributed by atoms with Crippen molar-refractivity contribution in [3.05, 3.63) is 52.5 Å². The summed E-state index contributed by atoms with van der Waals surface area (Å²) < 4.78 is 29.6. The molecule has 7 nitrogen and oxygen atoms in total. The van der Waals surface area contributed by atoms with E-state index in [1.165, 1.54) is 6.07 Å². The first-order chi connectivity index (χ1) is 15.1. The molecule has 0 aliphatic carbocycles. The molecule has 2 amide bonds. The number of carbonyl (C=O) groups excluding carboxylic acids is 2. The van der Waals surface area contributed by atoms with Crippen LogP contribution in [-0.4, -0.2) is 32.8 Å². The van der Waals surface area contributed by atoms with Gasteiger partial charge in [0, 0.05) is 23.1 Å². The Balaban J connectivity index is 1.82. The smallest absolute Gasteiger partial charge is 0.242 e. The van der Waals surface area contributed by atoms with Gasteiger partial charge >= 0.3 is 0 Å². The lowest BCUT2D eigenvalue weighted by atomic mass is 10.0. The Kier molecular flexibility index (Phi) is 7.74. The average molecular weight is 522 g/mol. The number of nitrogens with one attached hydrogen (secondary N) is 2. The molecule has 0 radical (unpaired) electrons. The largest absolute Gasteiger partial charge is 0.324 e. The fourth-order valence-corrected chi connectivity index (χ4v) is 5.36. The highest BCUT2D eigenvalue weighted by Gasteiger charge is 2.29. The van der Waals surface area contributed by atoms with Gasteiger partial charge < -0.3 is 10.2 Å². The van der Waals surface area contributed by atoms with Gasteiger partial charge in [-0.1, -0.05) is 32.9 Å². The number of hydrogen-bond donors (Lipinski definition) is 2. The molecule has 1 aliphatic rings. The van der Waals surface area contributed by atoms with E-state index in [0.29, 0.717) is 36.0 Å². The van der Waals surface area contributed by atoms with Gasteiger partial charge in [-0.3, -0.25) is 9.59 Å². The minimum Gasteiger partial charge on any atom is -0.324 e. The molecule has 172 valence electrons. The molecule has 0 bridgehead atoms. The Morgan fingerprint density at radius 3 is 2.53 bits per heavy atom. The maximum Gasteiger partial charge on any atom is 0.242 e. The van der Waals surface area contributed by atoms with Crippen LogP contribution in [0.3, 0.4) is 0 Å². The van der Waals surface area contributed by atoms with Gasteiger partial charge in [0.1, 0.15) is 6.04 Å². The standard InChI is InChI=1S/C23H28BrN3O4S/c1-4-22(28)27-12-11-16-14-17(9-10-21(16)27)32(30,31)26-20(13-15(2)3)23(29)25-19-8-6-5-7-18(19)24/h5-10,14-15,20,26H,4,11-13H2,1-3H3,(H,25,29). The molecule has 1 heterocycles. The molecule has 0 saturated carbocycles. The van der Waals surface area contributed by atoms with E-state index in [2.05, 4.69) is 26.0 Å². The number of fused-ring (bicyclic) bond motifs is 1. The molecular weight excluding hydrogens is 494 g/mol. The Hall–Kier alpha value is -2.23. The second-order valence-electron chi connectivity index (χ2n) is 8.21. The van der Waals surface area contributed by atoms with Crippen molar-refractivity contribution < 1.29 is 18.0 Å². The summed E-state index contributed by atoms with van der Waals surface area (Å²) in [6.07, 6.45) is 1.34. The number of benzene rings is 2. The van der Waals surface area contributed by atoms with E-state index in [4.69, 9.17) is 0 Å². The van der Waals surface area contributed by atoms with E-state index in [-0.39, 0.29) is 16.7 Å². The molecule has 0 aromatic heterocycles. The van der Waals surface area contributed by atoms with Gasteiger partial charge in [0.15, 0.2) is 0 Å². The third kappa shape index (κ3) is 5.57. The van der Waals surface area contributed by atoms with Crippen LogP contribution in [0.2, 0.25) is 0 Å². The molecule has 0 fully saturated rings. The van der Waals surface area contributed by atoms with E-state index >= 15 is 0 Å². The first-order valence-corrected chi connectivity index (χ1v) is 12.9. The summed E-state index contributed by atoms with van der Waals surface area (Å²) in [5.74, 6) is -0.311. The van der Waals surface area contributed by atoms with Gasteiger partial charge in [-0.15, -0.1) is 0 Å². The zero-order chi connectivity index (χ0) is 23.5. The molecule has 9 heteroatoms. The number of nitrogens with zero attached hydrogens (tertiary/aromatic N) is 1. The Bertz CT molecular complexity index is 1120. The maximum atomic E-state index is 13.1. The molecule has 32 heavy (non-hydrogen) atoms. The van der Waals surface area contributed by atoms with Crippen molar-refractivity contribution in [3.63, 3.8) is 0 Å². The SMILES string of the molecule is CCC(=O)N1CCc2cc(S(=O)(=O)NC(CC(C)C)C(=O)Nc3ccccc3Br)ccc21. The maximum absolute atomic E-state index is 13.1. The van der Waals surface area contributed by atoms with Gasteiger partial charge in [0.05, 0.1) is 10.6 Å². The average Bonchev–Trinajstić information content (AvgIpc) is 3.17. The topological polar surface area (TPSA) is 95.6 Å². The Morgan fingerprint density at radius 2 is 1.88 bits per heavy atom. The molecule has 3 rings (SSSR count). The quantitative estimate of drug-likeness (QED) is 0.546. The highest BCUT2D eigenvalue weighted by atomic mass is 79.9. The third-order valence-electron chi connectivity index (χ3n) is 5.31. The number of hydrogen-bond acceptors (Lipinski definition) is 4. The fraction of sp³-hybridized carbons (Fsp3) is 0.391. The van der Waals surface area contributed by atoms with Gasteiger partial charge in [-0.2, -0.15) is 4.72 Å². The van der Waals surface area contributed by atoms with Crippen LogP contribution in [0.5, 0.6) is 0 Å². The van der Waals surface area contributed by atoms with Crippen LogP contribution < -0.4 is 14.9 Å². The van der Waals surface area contributed by atoms with Crippen molar-refractivity contribution in [3.8, 4) is 0 Å². The first-order valence-electron chi connectivity index (χ1n) is 10.6. The summed E-state index contributed by atoms with van der Waals surface area (Å²) in [6.45, 7) is 6.21. The minimum absolute atomic E-state index is 0.0122. The fourth-order valence-electron chi connectivity index (χ4n) is 3.71. The molecule has 2 N–H and O–H groups in total. The van der Waals surface area contributed by atoms with Crippen molar-refractivity contribution in [2.45, 2.75) is 51.0 Å². The van der Waals surface area contributed by atoms with Crippen molar-refractivity contribution in [1.82, 2.24) is 4.72 Å². The third-order valence-corrected chi connectivity index (χ3v) is 7.47. The molecule has 1 unspecified atom stereocenters. The van der Waals surface area contributed by atoms with E-state index in [0.717, 1.165) is 11.3 Å². The lowest BCUT2D eigenvalue weighted by Crippen LogP contribution is -2.44. The Labute approximate surface area is 197 Å². The summed E-state index contributed by atoms with van der Waals surface area (Å²) in [6, 6.07) is 11.0. The van der Waals surface area contributed by atoms with Gasteiger partial charge in [-0.05, 0) is 70.6 Å². The number of halogens is 1. The summed E-state index contributed by atoms with van der Waals surface area (Å²) in [7, 11) is -3.94. The molecule has 0 spiro atoms. The molecule has 2 aromatic carbocycles. The lowest BCUT2D eigenvalue weighted by molar-refractivity contribution is -0.118. The highest BCUT2D eigenvalue weighted by molar-refractivity contribution is 9.10. The highest BCUT2D eigenvalue weighted by Crippen LogP contribution is 2.31. The lowest BCUT2D eigenvalue weighted by Gasteiger charge is -2.21. The summed E-state index contributed by atoms with van der Waals surface area (Å²) in [5, 5.41) is 2.80. The van der Waals surface area contributed by atoms with Gasteiger partial charge in [-0.25, -0.2) is 8.42 Å². The molecule has 1 aliphatic heterocycles. The second kappa shape index (κ2) is 10.1. The first kappa shape index (κ1) is 24.4. The summed E-state index contributed by atoms with van der Waals surface area (Å²) in [5.41, 5.74) is 2.14. The molecular formula is C23H28BrN3O4S. The van der Waals surface area contributed by atoms with E-state index < -0.39 is 22.0 Å². The minimum atomic E-state index is -3.94. The predicted molar refractivity (Wildman–Crippen MR) is 129 cm³/mol. The second-order valence-corrected chi connectivity index (χ2v) is 10.8. The predicted octanol–water partition coefficient (Wildman–Crippen LogP) is 4.08. The van der Waals surface area contributed by atoms with Crippen molar-refractivity contribution in [1.29, 1.82) is 0 Å². The number of rotatable bonds is 8. The van der Waals surface area contributed by atoms with E-state index in [9.17, 15) is 18.0 Å². The van der Waals surface area contributed by atoms with Crippen LogP contribution in [0, 0.1) is 5.92 Å². The van der Waals surface area contributed by atoms with Crippen LogP contribution in [0.1, 0.15) is 39.2 Å². The van der Waals surface area contributed by atoms with E-state index in [1.807, 2.05) is 19.9 Å². The number of sulfonamides is 1. The molecule has 0 saturated heterocycles. The van der Waals surface area contributed by atoms with Crippen LogP contribution in [0.25, 0.3) is 0 Å². The normalized spacial score (nSPS) is 14.3. The number of para-hydroxylation sites is 1. The molecule has 1 atom stereocenters. The zero-order valence-electron chi connectivity index (χ0n) is 18.4. The van der Waals surface area contributed by atoms with Gasteiger partial charge in [0.2, 0.25) is 21.8 Å². The van der Waals surface area contributed by atoms with Gasteiger partial charge in [0.25, 0.3) is 0 Å². The van der Waals surface area contributed by atoms with Crippen molar-refractivity contribution >= 4 is 49.1 Å². The van der Waals surface area contributed by atoms with E-state index in [1.54, 1.807) is 42.2 Å². The monoisotopic (exact) mass is 521 g/mol. The zero-order valence-corrected chi connectivity index (χ0v) is 20.8. The summed E-state index contributed by atoms with van der Waals surface area (Å²) in [4.78, 5) is 26.8. The van der Waals surface area contributed by atoms with Crippen LogP contribution in [0.4, 0.5) is 11.4 Å². The molecule has 2 aromatic rings. The van der Waals surface area contributed by atoms with Crippen LogP contribution in [0.15, 0.2) is 51.8 Å². The van der Waals surface area contributed by atoms with Crippen molar-refractivity contribution in [2.24, 2.45) is 5.92 Å². The number of carbonyl (C=O) groups is 2. The summed E-state index contributed by atoms with van der Waals surface area (Å²) >= 11 is 3.39. The Morgan fingerprint density at radius 1 is 1.16 bits per heavy atom. The van der Waals surface area contributed by atoms with Crippen LogP contribution >= 0.6 is 15.9 Å². The van der Waals surface area contributed by atoms with Crippen molar-refractivity contribution in [2.75, 3.05) is 16.8 Å².